The Balaban J connectivity index is 0. The smallest absolute Gasteiger partial charge is 0.550 e. The molecule has 0 aliphatic rings. The first kappa shape index (κ1) is 21.3. The molecule has 0 aliphatic carbocycles. The molecule has 0 aromatic carbocycles. The van der Waals surface area contributed by atoms with Crippen molar-refractivity contribution in [2.24, 2.45) is 0 Å². The minimum atomic E-state index is -0.905. The van der Waals surface area contributed by atoms with Crippen molar-refractivity contribution in [3.63, 3.8) is 0 Å². The quantitative estimate of drug-likeness (QED) is 0.450. The van der Waals surface area contributed by atoms with E-state index in [0.29, 0.717) is 0 Å². The molecule has 0 bridgehead atoms. The van der Waals surface area contributed by atoms with Crippen molar-refractivity contribution in [2.75, 3.05) is 0 Å². The van der Waals surface area contributed by atoms with Crippen molar-refractivity contribution >= 4 is 5.97 Å². The van der Waals surface area contributed by atoms with Gasteiger partial charge in [-0.15, -0.1) is 0 Å². The second-order valence-electron chi connectivity index (χ2n) is 5.36. The van der Waals surface area contributed by atoms with Crippen LogP contribution >= 0.6 is 0 Å². The van der Waals surface area contributed by atoms with Gasteiger partial charge < -0.3 is 9.90 Å². The standard InChI is InChI=1S/C16H32O2.Co/c1-2-3-4-5-6-7-8-9-10-11-12-13-14-15-16(17)18;/h2-15H2,1H3,(H,17,18);/q;+2/p-1. The van der Waals surface area contributed by atoms with Crippen LogP contribution in [-0.2, 0) is 21.6 Å². The van der Waals surface area contributed by atoms with Crippen LogP contribution in [0.3, 0.4) is 0 Å². The number of unbranched alkanes of at least 4 members (excludes halogenated alkanes) is 12. The van der Waals surface area contributed by atoms with Gasteiger partial charge in [-0.2, -0.15) is 0 Å². The van der Waals surface area contributed by atoms with Gasteiger partial charge in [-0.25, -0.2) is 0 Å². The molecule has 0 saturated carbocycles. The molecular formula is C16H31CoO2+. The summed E-state index contributed by atoms with van der Waals surface area (Å²) in [5.41, 5.74) is 0. The zero-order chi connectivity index (χ0) is 13.5. The molecule has 3 heteroatoms. The van der Waals surface area contributed by atoms with Gasteiger partial charge in [0.25, 0.3) is 0 Å². The van der Waals surface area contributed by atoms with Crippen molar-refractivity contribution in [2.45, 2.75) is 96.8 Å². The van der Waals surface area contributed by atoms with Gasteiger partial charge in [0.15, 0.2) is 0 Å². The molecule has 0 atom stereocenters. The Labute approximate surface area is 129 Å². The van der Waals surface area contributed by atoms with Crippen molar-refractivity contribution in [3.05, 3.63) is 0 Å². The fraction of sp³-hybridized carbons (Fsp3) is 0.938. The molecule has 0 spiro atoms. The zero-order valence-corrected chi connectivity index (χ0v) is 13.6. The van der Waals surface area contributed by atoms with Gasteiger partial charge in [-0.1, -0.05) is 84.0 Å². The van der Waals surface area contributed by atoms with E-state index in [9.17, 15) is 9.90 Å². The summed E-state index contributed by atoms with van der Waals surface area (Å²) >= 11 is 0. The maximum absolute atomic E-state index is 10.2. The van der Waals surface area contributed by atoms with Gasteiger partial charge in [-0.05, 0) is 12.8 Å². The topological polar surface area (TPSA) is 40.1 Å². The molecule has 0 fully saturated rings. The molecule has 0 N–H and O–H groups in total. The Morgan fingerprint density at radius 3 is 1.32 bits per heavy atom. The molecule has 19 heavy (non-hydrogen) atoms. The summed E-state index contributed by atoms with van der Waals surface area (Å²) in [6, 6.07) is 0. The van der Waals surface area contributed by atoms with Gasteiger partial charge in [0.2, 0.25) is 0 Å². The summed E-state index contributed by atoms with van der Waals surface area (Å²) in [6.07, 6.45) is 16.9. The van der Waals surface area contributed by atoms with E-state index in [2.05, 4.69) is 6.92 Å². The van der Waals surface area contributed by atoms with Crippen LogP contribution in [0.1, 0.15) is 96.8 Å². The molecule has 1 radical (unpaired) electrons. The Kier molecular flexibility index (Phi) is 20.1. The zero-order valence-electron chi connectivity index (χ0n) is 12.5. The van der Waals surface area contributed by atoms with Gasteiger partial charge in [0.05, 0.1) is 0 Å². The van der Waals surface area contributed by atoms with E-state index in [4.69, 9.17) is 0 Å². The largest absolute Gasteiger partial charge is 2.00 e. The molecule has 0 aromatic rings. The van der Waals surface area contributed by atoms with Crippen molar-refractivity contribution in [1.29, 1.82) is 0 Å². The van der Waals surface area contributed by atoms with E-state index in [1.54, 1.807) is 0 Å². The van der Waals surface area contributed by atoms with E-state index >= 15 is 0 Å². The molecule has 0 saturated heterocycles. The van der Waals surface area contributed by atoms with Gasteiger partial charge >= 0.3 is 16.8 Å². The van der Waals surface area contributed by atoms with Crippen LogP contribution in [0.4, 0.5) is 0 Å². The van der Waals surface area contributed by atoms with Crippen LogP contribution in [0.2, 0.25) is 0 Å². The number of hydrogen-bond donors (Lipinski definition) is 0. The first-order valence-electron chi connectivity index (χ1n) is 7.97. The molecule has 115 valence electrons. The second-order valence-corrected chi connectivity index (χ2v) is 5.36. The minimum Gasteiger partial charge on any atom is -0.550 e. The van der Waals surface area contributed by atoms with Crippen LogP contribution in [0.15, 0.2) is 0 Å². The number of carboxylic acids is 1. The Hall–Kier alpha value is -0.0235. The number of carbonyl (C=O) groups excluding carboxylic acids is 1. The minimum absolute atomic E-state index is 0. The van der Waals surface area contributed by atoms with Crippen LogP contribution in [-0.4, -0.2) is 5.97 Å². The van der Waals surface area contributed by atoms with E-state index in [-0.39, 0.29) is 23.2 Å². The van der Waals surface area contributed by atoms with Crippen LogP contribution in [0.25, 0.3) is 0 Å². The third-order valence-corrected chi connectivity index (χ3v) is 3.48. The van der Waals surface area contributed by atoms with E-state index in [1.165, 1.54) is 70.6 Å². The average molecular weight is 314 g/mol. The number of carbonyl (C=O) groups is 1. The molecular weight excluding hydrogens is 283 g/mol. The van der Waals surface area contributed by atoms with E-state index in [1.807, 2.05) is 0 Å². The molecule has 0 rings (SSSR count). The molecule has 0 aromatic heterocycles. The summed E-state index contributed by atoms with van der Waals surface area (Å²) in [6.45, 7) is 2.26. The summed E-state index contributed by atoms with van der Waals surface area (Å²) < 4.78 is 0. The number of rotatable bonds is 14. The average Bonchev–Trinajstić information content (AvgIpc) is 2.34. The monoisotopic (exact) mass is 314 g/mol. The third kappa shape index (κ3) is 20.5. The molecule has 0 unspecified atom stereocenters. The van der Waals surface area contributed by atoms with Crippen molar-refractivity contribution in [3.8, 4) is 0 Å². The van der Waals surface area contributed by atoms with Crippen LogP contribution in [0, 0.1) is 0 Å². The van der Waals surface area contributed by atoms with Crippen LogP contribution < -0.4 is 5.11 Å². The Morgan fingerprint density at radius 1 is 0.684 bits per heavy atom. The van der Waals surface area contributed by atoms with Crippen molar-refractivity contribution in [1.82, 2.24) is 0 Å². The summed E-state index contributed by atoms with van der Waals surface area (Å²) in [4.78, 5) is 10.2. The van der Waals surface area contributed by atoms with Gasteiger partial charge in [-0.3, -0.25) is 0 Å². The normalized spacial score (nSPS) is 10.2. The van der Waals surface area contributed by atoms with Crippen LogP contribution in [0.5, 0.6) is 0 Å². The molecule has 0 heterocycles. The predicted octanol–water partition coefficient (Wildman–Crippen LogP) is 4.22. The summed E-state index contributed by atoms with van der Waals surface area (Å²) in [5.74, 6) is -0.905. The first-order chi connectivity index (χ1) is 8.77. The number of aliphatic carboxylic acids is 1. The molecule has 0 amide bonds. The maximum atomic E-state index is 10.2. The summed E-state index contributed by atoms with van der Waals surface area (Å²) in [7, 11) is 0. The Bertz CT molecular complexity index is 184. The number of carboxylic acid groups (broad SMARTS) is 1. The van der Waals surface area contributed by atoms with E-state index in [0.717, 1.165) is 12.8 Å². The SMILES string of the molecule is CCCCCCCCCCCCCCCC(=O)[O-].[Co+2]. The Morgan fingerprint density at radius 2 is 1.00 bits per heavy atom. The van der Waals surface area contributed by atoms with Crippen molar-refractivity contribution < 1.29 is 26.7 Å². The predicted molar refractivity (Wildman–Crippen MR) is 75.3 cm³/mol. The van der Waals surface area contributed by atoms with Gasteiger partial charge in [0, 0.05) is 5.97 Å². The summed E-state index contributed by atoms with van der Waals surface area (Å²) in [5, 5.41) is 10.2. The fourth-order valence-electron chi connectivity index (χ4n) is 2.29. The number of hydrogen-bond acceptors (Lipinski definition) is 2. The molecule has 0 aliphatic heterocycles. The maximum Gasteiger partial charge on any atom is 2.00 e. The second kappa shape index (κ2) is 18.0. The fourth-order valence-corrected chi connectivity index (χ4v) is 2.29. The van der Waals surface area contributed by atoms with Gasteiger partial charge in [0.1, 0.15) is 0 Å². The first-order valence-corrected chi connectivity index (χ1v) is 7.97. The molecule has 2 nitrogen and oxygen atoms in total. The third-order valence-electron chi connectivity index (χ3n) is 3.48. The van der Waals surface area contributed by atoms with E-state index < -0.39 is 5.97 Å².